The molecular weight excluding hydrogens is 314 g/mol. The van der Waals surface area contributed by atoms with Crippen molar-refractivity contribution in [3.8, 4) is 5.75 Å². The topological polar surface area (TPSA) is 54.5 Å². The van der Waals surface area contributed by atoms with Crippen LogP contribution in [0, 0.1) is 0 Å². The molecular formula is C20H25N3O2. The van der Waals surface area contributed by atoms with Crippen molar-refractivity contribution in [1.82, 2.24) is 9.88 Å². The summed E-state index contributed by atoms with van der Waals surface area (Å²) in [6, 6.07) is 9.77. The number of methoxy groups -OCH3 is 1. The molecule has 25 heavy (non-hydrogen) atoms. The molecule has 0 radical (unpaired) electrons. The van der Waals surface area contributed by atoms with Gasteiger partial charge < -0.3 is 15.0 Å². The Morgan fingerprint density at radius 3 is 2.68 bits per heavy atom. The maximum absolute atomic E-state index is 12.7. The number of para-hydroxylation sites is 1. The SMILES string of the molecule is COc1ccccc1CNc1cncc(C(=O)N2CCCCCC2)c1. The highest BCUT2D eigenvalue weighted by molar-refractivity contribution is 5.94. The normalized spacial score (nSPS) is 14.7. The molecule has 0 bridgehead atoms. The Morgan fingerprint density at radius 2 is 1.92 bits per heavy atom. The van der Waals surface area contributed by atoms with Gasteiger partial charge in [-0.25, -0.2) is 0 Å². The highest BCUT2D eigenvalue weighted by atomic mass is 16.5. The number of benzene rings is 1. The fraction of sp³-hybridized carbons (Fsp3) is 0.400. The maximum Gasteiger partial charge on any atom is 0.255 e. The van der Waals surface area contributed by atoms with Gasteiger partial charge in [0, 0.05) is 37.6 Å². The number of pyridine rings is 1. The molecule has 0 unspecified atom stereocenters. The molecule has 1 N–H and O–H groups in total. The number of likely N-dealkylation sites (tertiary alicyclic amines) is 1. The molecule has 1 saturated heterocycles. The van der Waals surface area contributed by atoms with E-state index in [4.69, 9.17) is 4.74 Å². The number of ether oxygens (including phenoxy) is 1. The molecule has 1 aromatic carbocycles. The van der Waals surface area contributed by atoms with Gasteiger partial charge in [-0.2, -0.15) is 0 Å². The first-order valence-corrected chi connectivity index (χ1v) is 8.88. The van der Waals surface area contributed by atoms with E-state index in [-0.39, 0.29) is 5.91 Å². The second-order valence-corrected chi connectivity index (χ2v) is 6.33. The number of amides is 1. The van der Waals surface area contributed by atoms with Crippen LogP contribution in [-0.2, 0) is 6.54 Å². The minimum atomic E-state index is 0.0790. The number of carbonyl (C=O) groups excluding carboxylic acids is 1. The van der Waals surface area contributed by atoms with Gasteiger partial charge in [0.2, 0.25) is 0 Å². The van der Waals surface area contributed by atoms with E-state index < -0.39 is 0 Å². The largest absolute Gasteiger partial charge is 0.496 e. The van der Waals surface area contributed by atoms with E-state index in [2.05, 4.69) is 10.3 Å². The number of nitrogens with one attached hydrogen (secondary N) is 1. The monoisotopic (exact) mass is 339 g/mol. The summed E-state index contributed by atoms with van der Waals surface area (Å²) in [6.07, 6.45) is 8.00. The highest BCUT2D eigenvalue weighted by Gasteiger charge is 2.17. The molecule has 5 nitrogen and oxygen atoms in total. The molecule has 132 valence electrons. The lowest BCUT2D eigenvalue weighted by atomic mass is 10.2. The number of anilines is 1. The molecule has 1 fully saturated rings. The number of hydrogen-bond acceptors (Lipinski definition) is 4. The van der Waals surface area contributed by atoms with Gasteiger partial charge in [0.25, 0.3) is 5.91 Å². The third-order valence-electron chi connectivity index (χ3n) is 4.55. The van der Waals surface area contributed by atoms with Gasteiger partial charge in [-0.1, -0.05) is 31.0 Å². The van der Waals surface area contributed by atoms with E-state index in [0.29, 0.717) is 12.1 Å². The molecule has 0 atom stereocenters. The summed E-state index contributed by atoms with van der Waals surface area (Å²) >= 11 is 0. The molecule has 1 aromatic heterocycles. The van der Waals surface area contributed by atoms with Crippen molar-refractivity contribution < 1.29 is 9.53 Å². The Morgan fingerprint density at radius 1 is 1.16 bits per heavy atom. The quantitative estimate of drug-likeness (QED) is 0.902. The standard InChI is InChI=1S/C20H25N3O2/c1-25-19-9-5-4-8-16(19)14-22-18-12-17(13-21-15-18)20(24)23-10-6-2-3-7-11-23/h4-5,8-9,12-13,15,22H,2-3,6-7,10-11,14H2,1H3. The summed E-state index contributed by atoms with van der Waals surface area (Å²) in [5, 5.41) is 3.33. The van der Waals surface area contributed by atoms with Crippen molar-refractivity contribution in [2.75, 3.05) is 25.5 Å². The minimum absolute atomic E-state index is 0.0790. The van der Waals surface area contributed by atoms with Crippen LogP contribution in [0.2, 0.25) is 0 Å². The summed E-state index contributed by atoms with van der Waals surface area (Å²) in [4.78, 5) is 18.9. The van der Waals surface area contributed by atoms with E-state index in [1.54, 1.807) is 19.5 Å². The van der Waals surface area contributed by atoms with E-state index >= 15 is 0 Å². The average Bonchev–Trinajstić information content (AvgIpc) is 2.95. The lowest BCUT2D eigenvalue weighted by molar-refractivity contribution is 0.0761. The predicted octanol–water partition coefficient (Wildman–Crippen LogP) is 3.72. The van der Waals surface area contributed by atoms with Crippen LogP contribution >= 0.6 is 0 Å². The van der Waals surface area contributed by atoms with Gasteiger partial charge in [-0.05, 0) is 25.0 Å². The number of aromatic nitrogens is 1. The van der Waals surface area contributed by atoms with Crippen molar-refractivity contribution in [2.45, 2.75) is 32.2 Å². The van der Waals surface area contributed by atoms with Crippen LogP contribution in [0.5, 0.6) is 5.75 Å². The summed E-state index contributed by atoms with van der Waals surface area (Å²) in [6.45, 7) is 2.31. The first kappa shape index (κ1) is 17.3. The number of hydrogen-bond donors (Lipinski definition) is 1. The van der Waals surface area contributed by atoms with Crippen LogP contribution in [0.1, 0.15) is 41.6 Å². The third kappa shape index (κ3) is 4.50. The Balaban J connectivity index is 1.67. The average molecular weight is 339 g/mol. The second-order valence-electron chi connectivity index (χ2n) is 6.33. The number of nitrogens with zero attached hydrogens (tertiary/aromatic N) is 2. The number of rotatable bonds is 5. The van der Waals surface area contributed by atoms with Crippen LogP contribution in [0.15, 0.2) is 42.7 Å². The molecule has 1 aliphatic heterocycles. The number of carbonyl (C=O) groups is 1. The Bertz CT molecular complexity index is 710. The van der Waals surface area contributed by atoms with Crippen molar-refractivity contribution in [1.29, 1.82) is 0 Å². The van der Waals surface area contributed by atoms with Crippen molar-refractivity contribution in [3.63, 3.8) is 0 Å². The molecule has 2 heterocycles. The summed E-state index contributed by atoms with van der Waals surface area (Å²) in [5.74, 6) is 0.926. The summed E-state index contributed by atoms with van der Waals surface area (Å²) in [7, 11) is 1.67. The van der Waals surface area contributed by atoms with Gasteiger partial charge in [0.15, 0.2) is 0 Å². The van der Waals surface area contributed by atoms with Crippen LogP contribution in [-0.4, -0.2) is 36.0 Å². The minimum Gasteiger partial charge on any atom is -0.496 e. The van der Waals surface area contributed by atoms with Crippen LogP contribution in [0.3, 0.4) is 0 Å². The van der Waals surface area contributed by atoms with Crippen LogP contribution in [0.4, 0.5) is 5.69 Å². The first-order valence-electron chi connectivity index (χ1n) is 8.88. The maximum atomic E-state index is 12.7. The third-order valence-corrected chi connectivity index (χ3v) is 4.55. The fourth-order valence-corrected chi connectivity index (χ4v) is 3.16. The zero-order chi connectivity index (χ0) is 17.5. The van der Waals surface area contributed by atoms with Crippen molar-refractivity contribution in [2.24, 2.45) is 0 Å². The molecule has 0 saturated carbocycles. The Labute approximate surface area is 149 Å². The van der Waals surface area contributed by atoms with E-state index in [1.807, 2.05) is 35.2 Å². The van der Waals surface area contributed by atoms with Gasteiger partial charge >= 0.3 is 0 Å². The van der Waals surface area contributed by atoms with E-state index in [0.717, 1.165) is 42.9 Å². The molecule has 0 spiro atoms. The summed E-state index contributed by atoms with van der Waals surface area (Å²) in [5.41, 5.74) is 2.55. The molecule has 1 aliphatic rings. The lowest BCUT2D eigenvalue weighted by Crippen LogP contribution is -2.31. The van der Waals surface area contributed by atoms with Crippen molar-refractivity contribution in [3.05, 3.63) is 53.9 Å². The zero-order valence-electron chi connectivity index (χ0n) is 14.7. The molecule has 5 heteroatoms. The van der Waals surface area contributed by atoms with Crippen LogP contribution in [0.25, 0.3) is 0 Å². The lowest BCUT2D eigenvalue weighted by Gasteiger charge is -2.20. The molecule has 3 rings (SSSR count). The first-order chi connectivity index (χ1) is 12.3. The van der Waals surface area contributed by atoms with Gasteiger partial charge in [-0.3, -0.25) is 9.78 Å². The molecule has 2 aromatic rings. The molecule has 1 amide bonds. The van der Waals surface area contributed by atoms with Gasteiger partial charge in [-0.15, -0.1) is 0 Å². The van der Waals surface area contributed by atoms with Crippen molar-refractivity contribution >= 4 is 11.6 Å². The Hall–Kier alpha value is -2.56. The van der Waals surface area contributed by atoms with Gasteiger partial charge in [0.05, 0.1) is 18.4 Å². The summed E-state index contributed by atoms with van der Waals surface area (Å²) < 4.78 is 5.37. The fourth-order valence-electron chi connectivity index (χ4n) is 3.16. The Kier molecular flexibility index (Phi) is 5.88. The molecule has 0 aliphatic carbocycles. The second kappa shape index (κ2) is 8.51. The smallest absolute Gasteiger partial charge is 0.255 e. The van der Waals surface area contributed by atoms with Crippen LogP contribution < -0.4 is 10.1 Å². The van der Waals surface area contributed by atoms with E-state index in [9.17, 15) is 4.79 Å². The van der Waals surface area contributed by atoms with E-state index in [1.165, 1.54) is 12.8 Å². The van der Waals surface area contributed by atoms with Gasteiger partial charge in [0.1, 0.15) is 5.75 Å². The predicted molar refractivity (Wildman–Crippen MR) is 98.9 cm³/mol. The zero-order valence-corrected chi connectivity index (χ0v) is 14.7. The highest BCUT2D eigenvalue weighted by Crippen LogP contribution is 2.20.